The van der Waals surface area contributed by atoms with Crippen LogP contribution in [0.25, 0.3) is 0 Å². The number of carbonyl (C=O) groups excluding carboxylic acids is 1. The fraction of sp³-hybridized carbons (Fsp3) is 0.222. The van der Waals surface area contributed by atoms with Gasteiger partial charge >= 0.3 is 6.03 Å². The molecule has 86 valence electrons. The van der Waals surface area contributed by atoms with Gasteiger partial charge in [-0.05, 0) is 18.1 Å². The summed E-state index contributed by atoms with van der Waals surface area (Å²) in [6, 6.07) is 3.56. The Balaban J connectivity index is 2.74. The Morgan fingerprint density at radius 3 is 2.75 bits per heavy atom. The number of non-ortho nitro benzene ring substituents is 1. The van der Waals surface area contributed by atoms with Gasteiger partial charge in [-0.1, -0.05) is 0 Å². The first-order chi connectivity index (χ1) is 7.50. The molecule has 0 fully saturated rings. The van der Waals surface area contributed by atoms with Crippen LogP contribution in [0.1, 0.15) is 5.56 Å². The van der Waals surface area contributed by atoms with E-state index in [1.54, 1.807) is 0 Å². The molecule has 1 aromatic rings. The predicted molar refractivity (Wildman–Crippen MR) is 58.8 cm³/mol. The number of urea groups is 1. The van der Waals surface area contributed by atoms with Crippen molar-refractivity contribution in [2.75, 3.05) is 12.3 Å². The van der Waals surface area contributed by atoms with Gasteiger partial charge in [0, 0.05) is 24.4 Å². The van der Waals surface area contributed by atoms with Gasteiger partial charge in [0.25, 0.3) is 5.69 Å². The van der Waals surface area contributed by atoms with Crippen molar-refractivity contribution in [3.05, 3.63) is 33.9 Å². The zero-order valence-corrected chi connectivity index (χ0v) is 8.47. The van der Waals surface area contributed by atoms with Gasteiger partial charge in [0.1, 0.15) is 0 Å². The van der Waals surface area contributed by atoms with Crippen molar-refractivity contribution >= 4 is 17.4 Å². The zero-order valence-electron chi connectivity index (χ0n) is 8.47. The van der Waals surface area contributed by atoms with Crippen LogP contribution in [0, 0.1) is 10.1 Å². The molecule has 0 aliphatic rings. The molecule has 5 N–H and O–H groups in total. The Morgan fingerprint density at radius 1 is 1.50 bits per heavy atom. The van der Waals surface area contributed by atoms with Crippen LogP contribution in [0.2, 0.25) is 0 Å². The SMILES string of the molecule is NC(=O)NCCc1cc([N+](=O)[O-])ccc1N. The van der Waals surface area contributed by atoms with E-state index in [-0.39, 0.29) is 5.69 Å². The van der Waals surface area contributed by atoms with E-state index in [0.717, 1.165) is 0 Å². The van der Waals surface area contributed by atoms with Crippen molar-refractivity contribution in [1.29, 1.82) is 0 Å². The highest BCUT2D eigenvalue weighted by molar-refractivity contribution is 5.71. The van der Waals surface area contributed by atoms with Crippen LogP contribution >= 0.6 is 0 Å². The molecular formula is C9H12N4O3. The molecule has 0 aliphatic carbocycles. The van der Waals surface area contributed by atoms with Gasteiger partial charge in [-0.2, -0.15) is 0 Å². The molecule has 7 heteroatoms. The lowest BCUT2D eigenvalue weighted by Crippen LogP contribution is -2.31. The normalized spacial score (nSPS) is 9.75. The van der Waals surface area contributed by atoms with Gasteiger partial charge in [0.15, 0.2) is 0 Å². The van der Waals surface area contributed by atoms with E-state index in [9.17, 15) is 14.9 Å². The average Bonchev–Trinajstić information content (AvgIpc) is 2.20. The van der Waals surface area contributed by atoms with Crippen molar-refractivity contribution in [3.8, 4) is 0 Å². The number of benzene rings is 1. The Hall–Kier alpha value is -2.31. The highest BCUT2D eigenvalue weighted by Gasteiger charge is 2.08. The third kappa shape index (κ3) is 3.12. The number of nitro groups is 1. The first-order valence-corrected chi connectivity index (χ1v) is 4.57. The average molecular weight is 224 g/mol. The van der Waals surface area contributed by atoms with Crippen LogP contribution in [-0.4, -0.2) is 17.5 Å². The number of carbonyl (C=O) groups is 1. The molecule has 0 unspecified atom stereocenters. The number of hydrogen-bond acceptors (Lipinski definition) is 4. The summed E-state index contributed by atoms with van der Waals surface area (Å²) < 4.78 is 0. The fourth-order valence-electron chi connectivity index (χ4n) is 1.24. The van der Waals surface area contributed by atoms with Crippen LogP contribution in [0.4, 0.5) is 16.2 Å². The lowest BCUT2D eigenvalue weighted by atomic mass is 10.1. The summed E-state index contributed by atoms with van der Waals surface area (Å²) in [5.74, 6) is 0. The van der Waals surface area contributed by atoms with E-state index in [4.69, 9.17) is 11.5 Å². The topological polar surface area (TPSA) is 124 Å². The van der Waals surface area contributed by atoms with E-state index in [1.165, 1.54) is 18.2 Å². The molecule has 0 aromatic heterocycles. The Bertz CT molecular complexity index is 419. The van der Waals surface area contributed by atoms with Crippen LogP contribution in [0.3, 0.4) is 0 Å². The highest BCUT2D eigenvalue weighted by atomic mass is 16.6. The highest BCUT2D eigenvalue weighted by Crippen LogP contribution is 2.19. The molecule has 0 saturated carbocycles. The van der Waals surface area contributed by atoms with Gasteiger partial charge in [0.2, 0.25) is 0 Å². The lowest BCUT2D eigenvalue weighted by molar-refractivity contribution is -0.384. The second-order valence-corrected chi connectivity index (χ2v) is 3.18. The van der Waals surface area contributed by atoms with Gasteiger partial charge in [-0.15, -0.1) is 0 Å². The second kappa shape index (κ2) is 4.96. The molecule has 1 rings (SSSR count). The van der Waals surface area contributed by atoms with E-state index >= 15 is 0 Å². The van der Waals surface area contributed by atoms with E-state index < -0.39 is 11.0 Å². The van der Waals surface area contributed by atoms with Gasteiger partial charge in [0.05, 0.1) is 4.92 Å². The first kappa shape index (κ1) is 11.8. The number of nitrogen functional groups attached to an aromatic ring is 1. The standard InChI is InChI=1S/C9H12N4O3/c10-8-2-1-7(13(15)16)5-6(8)3-4-12-9(11)14/h1-2,5H,3-4,10H2,(H3,11,12,14). The van der Waals surface area contributed by atoms with Crippen molar-refractivity contribution in [1.82, 2.24) is 5.32 Å². The smallest absolute Gasteiger partial charge is 0.312 e. The number of nitrogens with zero attached hydrogens (tertiary/aromatic N) is 1. The minimum absolute atomic E-state index is 0.0247. The minimum Gasteiger partial charge on any atom is -0.398 e. The van der Waals surface area contributed by atoms with Crippen LogP contribution in [-0.2, 0) is 6.42 Å². The van der Waals surface area contributed by atoms with Gasteiger partial charge in [-0.3, -0.25) is 10.1 Å². The molecular weight excluding hydrogens is 212 g/mol. The molecule has 2 amide bonds. The molecule has 1 aromatic carbocycles. The Kier molecular flexibility index (Phi) is 3.65. The molecule has 0 aliphatic heterocycles. The largest absolute Gasteiger partial charge is 0.398 e. The van der Waals surface area contributed by atoms with E-state index in [2.05, 4.69) is 5.32 Å². The minimum atomic E-state index is -0.635. The Labute approximate surface area is 91.6 Å². The number of rotatable bonds is 4. The monoisotopic (exact) mass is 224 g/mol. The third-order valence-electron chi connectivity index (χ3n) is 2.03. The number of anilines is 1. The molecule has 0 saturated heterocycles. The van der Waals surface area contributed by atoms with Gasteiger partial charge in [-0.25, -0.2) is 4.79 Å². The number of amides is 2. The lowest BCUT2D eigenvalue weighted by Gasteiger charge is -2.05. The number of nitrogens with one attached hydrogen (secondary N) is 1. The number of hydrogen-bond donors (Lipinski definition) is 3. The third-order valence-corrected chi connectivity index (χ3v) is 2.03. The van der Waals surface area contributed by atoms with Crippen molar-refractivity contribution in [3.63, 3.8) is 0 Å². The molecule has 0 heterocycles. The number of nitrogens with two attached hydrogens (primary N) is 2. The summed E-state index contributed by atoms with van der Waals surface area (Å²) in [4.78, 5) is 20.4. The maximum absolute atomic E-state index is 10.5. The predicted octanol–water partition coefficient (Wildman–Crippen LogP) is 0.388. The molecule has 7 nitrogen and oxygen atoms in total. The summed E-state index contributed by atoms with van der Waals surface area (Å²) in [5.41, 5.74) is 11.6. The second-order valence-electron chi connectivity index (χ2n) is 3.18. The number of nitro benzene ring substituents is 1. The molecule has 0 spiro atoms. The quantitative estimate of drug-likeness (QED) is 0.388. The van der Waals surface area contributed by atoms with Crippen molar-refractivity contribution in [2.45, 2.75) is 6.42 Å². The zero-order chi connectivity index (χ0) is 12.1. The summed E-state index contributed by atoms with van der Waals surface area (Å²) >= 11 is 0. The Morgan fingerprint density at radius 2 is 2.19 bits per heavy atom. The number of primary amides is 1. The molecule has 0 bridgehead atoms. The maximum Gasteiger partial charge on any atom is 0.312 e. The summed E-state index contributed by atoms with van der Waals surface area (Å²) in [5, 5.41) is 12.9. The maximum atomic E-state index is 10.5. The van der Waals surface area contributed by atoms with Crippen LogP contribution < -0.4 is 16.8 Å². The summed E-state index contributed by atoms with van der Waals surface area (Å²) in [6.45, 7) is 0.292. The molecule has 0 radical (unpaired) electrons. The van der Waals surface area contributed by atoms with E-state index in [1.807, 2.05) is 0 Å². The summed E-state index contributed by atoms with van der Waals surface area (Å²) in [7, 11) is 0. The molecule has 0 atom stereocenters. The van der Waals surface area contributed by atoms with Gasteiger partial charge < -0.3 is 16.8 Å². The van der Waals surface area contributed by atoms with Crippen molar-refractivity contribution in [2.24, 2.45) is 5.73 Å². The van der Waals surface area contributed by atoms with Crippen molar-refractivity contribution < 1.29 is 9.72 Å². The molecule has 16 heavy (non-hydrogen) atoms. The van der Waals surface area contributed by atoms with E-state index in [0.29, 0.717) is 24.2 Å². The fourth-order valence-corrected chi connectivity index (χ4v) is 1.24. The first-order valence-electron chi connectivity index (χ1n) is 4.57. The van der Waals surface area contributed by atoms with Crippen LogP contribution in [0.5, 0.6) is 0 Å². The summed E-state index contributed by atoms with van der Waals surface area (Å²) in [6.07, 6.45) is 0.399. The van der Waals surface area contributed by atoms with Crippen LogP contribution in [0.15, 0.2) is 18.2 Å².